The molecule has 2 spiro atoms. The molecular formula is C49H76N2O11. The van der Waals surface area contributed by atoms with E-state index in [0.717, 1.165) is 6.42 Å². The van der Waals surface area contributed by atoms with Gasteiger partial charge in [0.25, 0.3) is 5.91 Å². The normalized spacial score (nSPS) is 41.0. The van der Waals surface area contributed by atoms with E-state index in [1.807, 2.05) is 47.6 Å². The molecule has 18 atom stereocenters. The van der Waals surface area contributed by atoms with Gasteiger partial charge in [0.1, 0.15) is 11.9 Å². The summed E-state index contributed by atoms with van der Waals surface area (Å²) in [6.45, 7) is 19.7. The van der Waals surface area contributed by atoms with Gasteiger partial charge in [-0.05, 0) is 108 Å². The first-order chi connectivity index (χ1) is 29.3. The van der Waals surface area contributed by atoms with Crippen LogP contribution in [0, 0.1) is 41.4 Å². The number of rotatable bonds is 13. The zero-order valence-electron chi connectivity index (χ0n) is 38.8. The molecule has 13 nitrogen and oxygen atoms in total. The van der Waals surface area contributed by atoms with Crippen molar-refractivity contribution < 1.29 is 53.4 Å². The highest BCUT2D eigenvalue weighted by Crippen LogP contribution is 2.54. The molecule has 4 saturated heterocycles. The molecule has 4 fully saturated rings. The molecule has 0 saturated carbocycles. The summed E-state index contributed by atoms with van der Waals surface area (Å²) >= 11 is 0. The van der Waals surface area contributed by atoms with E-state index in [1.165, 1.54) is 0 Å². The number of amides is 2. The lowest BCUT2D eigenvalue weighted by Gasteiger charge is -2.54. The van der Waals surface area contributed by atoms with Crippen LogP contribution in [0.2, 0.25) is 0 Å². The highest BCUT2D eigenvalue weighted by atomic mass is 16.8. The second-order valence-electron chi connectivity index (χ2n) is 19.9. The summed E-state index contributed by atoms with van der Waals surface area (Å²) in [5.74, 6) is -5.80. The van der Waals surface area contributed by atoms with E-state index in [0.29, 0.717) is 63.4 Å². The summed E-state index contributed by atoms with van der Waals surface area (Å²) in [5, 5.41) is 34.6. The maximum absolute atomic E-state index is 14.7. The predicted molar refractivity (Wildman–Crippen MR) is 233 cm³/mol. The zero-order chi connectivity index (χ0) is 45.4. The van der Waals surface area contributed by atoms with Gasteiger partial charge in [-0.1, -0.05) is 73.6 Å². The minimum atomic E-state index is -1.39. The second-order valence-corrected chi connectivity index (χ2v) is 19.9. The number of nitrogens with one attached hydrogen (secondary N) is 2. The van der Waals surface area contributed by atoms with Crippen LogP contribution in [0.4, 0.5) is 0 Å². The van der Waals surface area contributed by atoms with E-state index in [-0.39, 0.29) is 41.7 Å². The van der Waals surface area contributed by atoms with Crippen molar-refractivity contribution in [2.24, 2.45) is 41.4 Å². The molecule has 2 amide bonds. The first-order valence-corrected chi connectivity index (χ1v) is 23.6. The van der Waals surface area contributed by atoms with Crippen LogP contribution in [0.15, 0.2) is 42.5 Å². The molecule has 348 valence electrons. The standard InChI is InChI=1S/C49H76N2O11/c1-11-35(45(56)51-50-44(55)34-17-15-14-16-18-34)37-20-19-28(4)42(59-37)32(8)40(53)31(7)41(54)36(12-2)43-29(5)27-30(6)48(60-43)24-21-38(52)49(62-48)26-25-46(10,61-49)39-22-23-47(57,13-3)33(9)58-39/h14-18,21,24,28-33,35-40,42-43,52-53,57H,11-13,19-20,22-23,25-27H2,1-10H3,(H,50,55)(H,51,56)/t28?,29-,30+,31-,32-,33-,35+,36-,37+,38+,39+,40+,42+,43-,46-,47+,48-,49-/m0/s1. The molecule has 6 rings (SSSR count). The number of ketones is 1. The molecule has 5 N–H and O–H groups in total. The molecule has 0 aliphatic carbocycles. The summed E-state index contributed by atoms with van der Waals surface area (Å²) in [6, 6.07) is 8.66. The summed E-state index contributed by atoms with van der Waals surface area (Å²) < 4.78 is 33.9. The first-order valence-electron chi connectivity index (χ1n) is 23.6. The first kappa shape index (κ1) is 48.7. The highest BCUT2D eigenvalue weighted by molar-refractivity contribution is 5.95. The molecule has 5 aliphatic heterocycles. The average Bonchev–Trinajstić information content (AvgIpc) is 3.61. The van der Waals surface area contributed by atoms with Gasteiger partial charge in [0.15, 0.2) is 5.79 Å². The van der Waals surface area contributed by atoms with Gasteiger partial charge in [0, 0.05) is 35.7 Å². The number of aliphatic hydroxyl groups excluding tert-OH is 2. The molecule has 0 aromatic heterocycles. The Hall–Kier alpha value is -2.75. The van der Waals surface area contributed by atoms with E-state index in [1.54, 1.807) is 43.3 Å². The molecule has 62 heavy (non-hydrogen) atoms. The largest absolute Gasteiger partial charge is 0.392 e. The van der Waals surface area contributed by atoms with Crippen molar-refractivity contribution in [1.29, 1.82) is 0 Å². The SMILES string of the molecule is CC[C@@H](C(=O)[C@@H](C)[C@@H](O)[C@H](C)[C@@H]1O[C@@H]([C@@H](CC)C(=O)NNC(=O)c2ccccc2)CCC1C)[C@H]1O[C@]2(C=C[C@@H](O)[C@]3(CC[C@@](C)([C@H]4CC[C@](O)(CC)[C@H](C)O4)O3)O2)[C@H](C)C[C@@H]1C. The van der Waals surface area contributed by atoms with Crippen LogP contribution in [0.1, 0.15) is 144 Å². The Kier molecular flexibility index (Phi) is 15.2. The van der Waals surface area contributed by atoms with Crippen LogP contribution in [0.3, 0.4) is 0 Å². The van der Waals surface area contributed by atoms with Gasteiger partial charge in [0.2, 0.25) is 11.7 Å². The molecule has 5 aliphatic rings. The van der Waals surface area contributed by atoms with Gasteiger partial charge in [0.05, 0.1) is 53.7 Å². The Bertz CT molecular complexity index is 1750. The van der Waals surface area contributed by atoms with E-state index in [9.17, 15) is 29.7 Å². The Morgan fingerprint density at radius 1 is 0.855 bits per heavy atom. The Balaban J connectivity index is 1.11. The fourth-order valence-electron chi connectivity index (χ4n) is 11.4. The Labute approximate surface area is 369 Å². The molecule has 1 unspecified atom stereocenters. The van der Waals surface area contributed by atoms with Crippen LogP contribution in [-0.4, -0.2) is 98.4 Å². The fourth-order valence-corrected chi connectivity index (χ4v) is 11.4. The maximum Gasteiger partial charge on any atom is 0.269 e. The summed E-state index contributed by atoms with van der Waals surface area (Å²) in [6.07, 6.45) is 5.30. The molecule has 0 bridgehead atoms. The number of hydrogen-bond donors (Lipinski definition) is 5. The van der Waals surface area contributed by atoms with E-state index in [4.69, 9.17) is 23.7 Å². The third-order valence-corrected chi connectivity index (χ3v) is 15.8. The van der Waals surface area contributed by atoms with Crippen molar-refractivity contribution in [1.82, 2.24) is 10.9 Å². The van der Waals surface area contributed by atoms with Crippen molar-refractivity contribution in [2.75, 3.05) is 0 Å². The molecule has 1 aromatic rings. The van der Waals surface area contributed by atoms with Crippen molar-refractivity contribution in [3.8, 4) is 0 Å². The van der Waals surface area contributed by atoms with Crippen molar-refractivity contribution in [3.05, 3.63) is 48.0 Å². The van der Waals surface area contributed by atoms with Crippen LogP contribution >= 0.6 is 0 Å². The van der Waals surface area contributed by atoms with E-state index in [2.05, 4.69) is 31.6 Å². The lowest BCUT2D eigenvalue weighted by molar-refractivity contribution is -0.409. The third-order valence-electron chi connectivity index (χ3n) is 15.8. The van der Waals surface area contributed by atoms with Gasteiger partial charge in [-0.2, -0.15) is 0 Å². The lowest BCUT2D eigenvalue weighted by atomic mass is 9.72. The summed E-state index contributed by atoms with van der Waals surface area (Å²) in [4.78, 5) is 40.6. The lowest BCUT2D eigenvalue weighted by Crippen LogP contribution is -2.63. The number of hydrogen-bond acceptors (Lipinski definition) is 11. The van der Waals surface area contributed by atoms with Crippen molar-refractivity contribution >= 4 is 17.6 Å². The van der Waals surface area contributed by atoms with Crippen LogP contribution in [-0.2, 0) is 33.3 Å². The van der Waals surface area contributed by atoms with Crippen LogP contribution in [0.5, 0.6) is 0 Å². The smallest absolute Gasteiger partial charge is 0.269 e. The van der Waals surface area contributed by atoms with Crippen LogP contribution < -0.4 is 10.9 Å². The molecular weight excluding hydrogens is 793 g/mol. The predicted octanol–water partition coefficient (Wildman–Crippen LogP) is 6.56. The number of hydrazine groups is 1. The monoisotopic (exact) mass is 869 g/mol. The minimum absolute atomic E-state index is 0.00708. The van der Waals surface area contributed by atoms with Crippen molar-refractivity contribution in [3.63, 3.8) is 0 Å². The van der Waals surface area contributed by atoms with Gasteiger partial charge >= 0.3 is 0 Å². The summed E-state index contributed by atoms with van der Waals surface area (Å²) in [5.41, 5.74) is 3.88. The van der Waals surface area contributed by atoms with Crippen molar-refractivity contribution in [2.45, 2.75) is 199 Å². The number of carbonyl (C=O) groups is 3. The number of ether oxygens (including phenoxy) is 5. The zero-order valence-corrected chi connectivity index (χ0v) is 38.8. The number of Topliss-reactive ketones (excluding diaryl/α,β-unsaturated/α-hetero) is 1. The maximum atomic E-state index is 14.7. The van der Waals surface area contributed by atoms with E-state index < -0.39 is 82.9 Å². The number of benzene rings is 1. The topological polar surface area (TPSA) is 182 Å². The number of carbonyl (C=O) groups excluding carboxylic acids is 3. The molecule has 1 aromatic carbocycles. The number of aliphatic hydroxyl groups is 3. The van der Waals surface area contributed by atoms with Gasteiger partial charge in [-0.15, -0.1) is 0 Å². The fraction of sp³-hybridized carbons (Fsp3) is 0.776. The van der Waals surface area contributed by atoms with E-state index >= 15 is 0 Å². The second kappa shape index (κ2) is 19.4. The third kappa shape index (κ3) is 9.48. The molecule has 0 radical (unpaired) electrons. The summed E-state index contributed by atoms with van der Waals surface area (Å²) in [7, 11) is 0. The quantitative estimate of drug-likeness (QED) is 0.107. The molecule has 5 heterocycles. The van der Waals surface area contributed by atoms with Gasteiger partial charge in [-0.25, -0.2) is 0 Å². The minimum Gasteiger partial charge on any atom is -0.392 e. The Morgan fingerprint density at radius 3 is 2.19 bits per heavy atom. The average molecular weight is 869 g/mol. The molecule has 13 heteroatoms. The highest BCUT2D eigenvalue weighted by Gasteiger charge is 2.63. The van der Waals surface area contributed by atoms with Crippen LogP contribution in [0.25, 0.3) is 0 Å². The van der Waals surface area contributed by atoms with Gasteiger partial charge in [-0.3, -0.25) is 25.2 Å². The Morgan fingerprint density at radius 2 is 1.55 bits per heavy atom. The van der Waals surface area contributed by atoms with Gasteiger partial charge < -0.3 is 39.0 Å².